The molecule has 3 aliphatic heterocycles. The van der Waals surface area contributed by atoms with E-state index >= 15 is 0 Å². The Balaban J connectivity index is 1.49. The number of nitrogens with one attached hydrogen (secondary N) is 1. The van der Waals surface area contributed by atoms with Crippen molar-refractivity contribution in [3.8, 4) is 0 Å². The lowest BCUT2D eigenvalue weighted by Crippen LogP contribution is -2.56. The quantitative estimate of drug-likeness (QED) is 0.851. The molecule has 0 saturated carbocycles. The van der Waals surface area contributed by atoms with Crippen LogP contribution in [0.1, 0.15) is 40.7 Å². The van der Waals surface area contributed by atoms with E-state index in [-0.39, 0.29) is 5.91 Å². The maximum atomic E-state index is 12.8. The maximum absolute atomic E-state index is 12.8. The van der Waals surface area contributed by atoms with Gasteiger partial charge >= 0.3 is 0 Å². The van der Waals surface area contributed by atoms with Gasteiger partial charge in [-0.3, -0.25) is 9.69 Å². The molecule has 1 amide bonds. The Morgan fingerprint density at radius 1 is 1.10 bits per heavy atom. The largest absolute Gasteiger partial charge is 0.336 e. The van der Waals surface area contributed by atoms with Gasteiger partial charge in [-0.25, -0.2) is 0 Å². The van der Waals surface area contributed by atoms with E-state index in [1.165, 1.54) is 36.9 Å². The van der Waals surface area contributed by atoms with Crippen LogP contribution in [0, 0.1) is 0 Å². The minimum Gasteiger partial charge on any atom is -0.336 e. The summed E-state index contributed by atoms with van der Waals surface area (Å²) in [4.78, 5) is 17.4. The Kier molecular flexibility index (Phi) is 3.43. The highest BCUT2D eigenvalue weighted by atomic mass is 16.2. The second kappa shape index (κ2) is 5.43. The molecule has 1 N–H and O–H groups in total. The van der Waals surface area contributed by atoms with Gasteiger partial charge in [-0.15, -0.1) is 0 Å². The first kappa shape index (κ1) is 13.3. The number of hydrogen-bond acceptors (Lipinski definition) is 3. The number of piperidine rings is 1. The zero-order valence-electron chi connectivity index (χ0n) is 12.5. The van der Waals surface area contributed by atoms with E-state index in [0.717, 1.165) is 38.3 Å². The first-order valence-corrected chi connectivity index (χ1v) is 8.17. The highest BCUT2D eigenvalue weighted by molar-refractivity contribution is 5.94. The van der Waals surface area contributed by atoms with Gasteiger partial charge in [-0.05, 0) is 42.6 Å². The first-order valence-electron chi connectivity index (χ1n) is 8.17. The first-order chi connectivity index (χ1) is 10.3. The zero-order valence-corrected chi connectivity index (χ0v) is 12.5. The summed E-state index contributed by atoms with van der Waals surface area (Å²) in [5, 5.41) is 3.34. The lowest BCUT2D eigenvalue weighted by Gasteiger charge is -2.44. The molecular weight excluding hydrogens is 262 g/mol. The van der Waals surface area contributed by atoms with Crippen LogP contribution in [0.4, 0.5) is 0 Å². The number of amides is 1. The fraction of sp³-hybridized carbons (Fsp3) is 0.588. The number of carbonyl (C=O) groups excluding carboxylic acids is 1. The smallest absolute Gasteiger partial charge is 0.253 e. The third-order valence-corrected chi connectivity index (χ3v) is 5.21. The Bertz CT molecular complexity index is 557. The number of rotatable bonds is 1. The third-order valence-electron chi connectivity index (χ3n) is 5.21. The number of hydrogen-bond donors (Lipinski definition) is 1. The van der Waals surface area contributed by atoms with E-state index in [2.05, 4.69) is 27.2 Å². The Hall–Kier alpha value is -1.39. The molecule has 4 rings (SSSR count). The van der Waals surface area contributed by atoms with Crippen molar-refractivity contribution >= 4 is 5.91 Å². The van der Waals surface area contributed by atoms with Gasteiger partial charge in [0, 0.05) is 44.3 Å². The standard InChI is InChI=1S/C17H23N3O/c21-17(13-4-5-14-10-18-11-15(14)9-13)20-8-7-19-6-2-1-3-16(19)12-20/h4-5,9,16,18H,1-3,6-8,10-12H2. The topological polar surface area (TPSA) is 35.6 Å². The number of benzene rings is 1. The molecule has 1 aromatic rings. The predicted octanol–water partition coefficient (Wildman–Crippen LogP) is 1.60. The second-order valence-electron chi connectivity index (χ2n) is 6.52. The molecule has 0 spiro atoms. The Morgan fingerprint density at radius 2 is 2.00 bits per heavy atom. The van der Waals surface area contributed by atoms with Gasteiger partial charge in [0.25, 0.3) is 5.91 Å². The minimum absolute atomic E-state index is 0.218. The monoisotopic (exact) mass is 285 g/mol. The Labute approximate surface area is 126 Å². The van der Waals surface area contributed by atoms with Crippen molar-refractivity contribution in [3.05, 3.63) is 34.9 Å². The molecule has 2 fully saturated rings. The summed E-state index contributed by atoms with van der Waals surface area (Å²) in [7, 11) is 0. The van der Waals surface area contributed by atoms with Crippen LogP contribution in [0.2, 0.25) is 0 Å². The van der Waals surface area contributed by atoms with Crippen LogP contribution >= 0.6 is 0 Å². The van der Waals surface area contributed by atoms with Crippen molar-refractivity contribution < 1.29 is 4.79 Å². The lowest BCUT2D eigenvalue weighted by molar-refractivity contribution is 0.0372. The summed E-state index contributed by atoms with van der Waals surface area (Å²) in [5.41, 5.74) is 3.49. The van der Waals surface area contributed by atoms with E-state index in [1.807, 2.05) is 6.07 Å². The number of nitrogens with zero attached hydrogens (tertiary/aromatic N) is 2. The molecule has 4 heteroatoms. The van der Waals surface area contributed by atoms with Crippen LogP contribution in [-0.4, -0.2) is 47.9 Å². The SMILES string of the molecule is O=C(c1ccc2c(c1)CNC2)N1CCN2CCCCC2C1. The average Bonchev–Trinajstić information content (AvgIpc) is 3.01. The average molecular weight is 285 g/mol. The molecular formula is C17H23N3O. The number of fused-ring (bicyclic) bond motifs is 2. The number of piperazine rings is 1. The van der Waals surface area contributed by atoms with Gasteiger partial charge in [-0.1, -0.05) is 12.5 Å². The molecule has 21 heavy (non-hydrogen) atoms. The van der Waals surface area contributed by atoms with Crippen LogP contribution < -0.4 is 5.32 Å². The van der Waals surface area contributed by atoms with E-state index in [4.69, 9.17) is 0 Å². The summed E-state index contributed by atoms with van der Waals surface area (Å²) >= 11 is 0. The molecule has 4 nitrogen and oxygen atoms in total. The van der Waals surface area contributed by atoms with Crippen LogP contribution in [0.15, 0.2) is 18.2 Å². The predicted molar refractivity (Wildman–Crippen MR) is 82.1 cm³/mol. The van der Waals surface area contributed by atoms with Crippen molar-refractivity contribution in [1.29, 1.82) is 0 Å². The van der Waals surface area contributed by atoms with Crippen molar-refractivity contribution in [2.75, 3.05) is 26.2 Å². The minimum atomic E-state index is 0.218. The fourth-order valence-electron chi connectivity index (χ4n) is 3.95. The molecule has 0 aromatic heterocycles. The van der Waals surface area contributed by atoms with Gasteiger partial charge < -0.3 is 10.2 Å². The van der Waals surface area contributed by atoms with Gasteiger partial charge in [-0.2, -0.15) is 0 Å². The molecule has 1 unspecified atom stereocenters. The summed E-state index contributed by atoms with van der Waals surface area (Å²) in [6.07, 6.45) is 3.88. The van der Waals surface area contributed by atoms with E-state index in [9.17, 15) is 4.79 Å². The maximum Gasteiger partial charge on any atom is 0.253 e. The highest BCUT2D eigenvalue weighted by Gasteiger charge is 2.31. The van der Waals surface area contributed by atoms with Crippen LogP contribution in [0.5, 0.6) is 0 Å². The summed E-state index contributed by atoms with van der Waals surface area (Å²) in [6, 6.07) is 6.79. The molecule has 1 aromatic carbocycles. The normalized spacial score (nSPS) is 25.5. The summed E-state index contributed by atoms with van der Waals surface area (Å²) < 4.78 is 0. The molecule has 0 radical (unpaired) electrons. The van der Waals surface area contributed by atoms with Crippen LogP contribution in [0.3, 0.4) is 0 Å². The van der Waals surface area contributed by atoms with Crippen molar-refractivity contribution in [2.24, 2.45) is 0 Å². The molecule has 0 bridgehead atoms. The third kappa shape index (κ3) is 2.47. The summed E-state index contributed by atoms with van der Waals surface area (Å²) in [5.74, 6) is 0.218. The molecule has 3 aliphatic rings. The lowest BCUT2D eigenvalue weighted by atomic mass is 9.98. The van der Waals surface area contributed by atoms with Crippen molar-refractivity contribution in [3.63, 3.8) is 0 Å². The van der Waals surface area contributed by atoms with Gasteiger partial charge in [0.2, 0.25) is 0 Å². The molecule has 1 atom stereocenters. The fourth-order valence-corrected chi connectivity index (χ4v) is 3.95. The van der Waals surface area contributed by atoms with Gasteiger partial charge in [0.1, 0.15) is 0 Å². The van der Waals surface area contributed by atoms with E-state index in [0.29, 0.717) is 6.04 Å². The molecule has 3 heterocycles. The highest BCUT2D eigenvalue weighted by Crippen LogP contribution is 2.23. The van der Waals surface area contributed by atoms with Gasteiger partial charge in [0.15, 0.2) is 0 Å². The van der Waals surface area contributed by atoms with Crippen LogP contribution in [-0.2, 0) is 13.1 Å². The molecule has 0 aliphatic carbocycles. The number of carbonyl (C=O) groups is 1. The van der Waals surface area contributed by atoms with Crippen molar-refractivity contribution in [1.82, 2.24) is 15.1 Å². The molecule has 112 valence electrons. The Morgan fingerprint density at radius 3 is 2.95 bits per heavy atom. The van der Waals surface area contributed by atoms with Crippen LogP contribution in [0.25, 0.3) is 0 Å². The van der Waals surface area contributed by atoms with E-state index < -0.39 is 0 Å². The van der Waals surface area contributed by atoms with Gasteiger partial charge in [0.05, 0.1) is 0 Å². The summed E-state index contributed by atoms with van der Waals surface area (Å²) in [6.45, 7) is 5.89. The van der Waals surface area contributed by atoms with Crippen molar-refractivity contribution in [2.45, 2.75) is 38.4 Å². The van der Waals surface area contributed by atoms with E-state index in [1.54, 1.807) is 0 Å². The second-order valence-corrected chi connectivity index (χ2v) is 6.52. The molecule has 2 saturated heterocycles. The zero-order chi connectivity index (χ0) is 14.2.